The van der Waals surface area contributed by atoms with E-state index < -0.39 is 5.82 Å². The van der Waals surface area contributed by atoms with Gasteiger partial charge >= 0.3 is 12.0 Å². The second kappa shape index (κ2) is 5.68. The number of nitrogens with zero attached hydrogens (tertiary/aromatic N) is 3. The third-order valence-electron chi connectivity index (χ3n) is 2.30. The average molecular weight is 278 g/mol. The van der Waals surface area contributed by atoms with Crippen molar-refractivity contribution < 1.29 is 13.9 Å². The fourth-order valence-electron chi connectivity index (χ4n) is 1.44. The molecule has 0 atom stereocenters. The number of nitrogen functional groups attached to an aromatic ring is 1. The summed E-state index contributed by atoms with van der Waals surface area (Å²) < 4.78 is 24.0. The number of ether oxygens (including phenoxy) is 2. The molecule has 6 nitrogen and oxygen atoms in total. The Morgan fingerprint density at radius 2 is 1.85 bits per heavy atom. The van der Waals surface area contributed by atoms with Gasteiger partial charge < -0.3 is 15.2 Å². The van der Waals surface area contributed by atoms with Crippen LogP contribution in [0.1, 0.15) is 19.4 Å². The lowest BCUT2D eigenvalue weighted by Gasteiger charge is -2.10. The summed E-state index contributed by atoms with van der Waals surface area (Å²) in [4.78, 5) is 11.6. The van der Waals surface area contributed by atoms with Gasteiger partial charge in [-0.05, 0) is 32.4 Å². The van der Waals surface area contributed by atoms with Crippen LogP contribution >= 0.6 is 0 Å². The standard InChI is InChI=1S/C13H15FN4O2/c1-7(2)19-12-16-11(15)17-13(18-12)20-10-6-9(14)5-4-8(10)3/h4-7H,1-3H3,(H2,15,16,17,18). The molecule has 0 aliphatic rings. The van der Waals surface area contributed by atoms with Crippen LogP contribution in [0.2, 0.25) is 0 Å². The van der Waals surface area contributed by atoms with Crippen LogP contribution < -0.4 is 15.2 Å². The highest BCUT2D eigenvalue weighted by Gasteiger charge is 2.11. The second-order valence-corrected chi connectivity index (χ2v) is 4.44. The molecule has 0 unspecified atom stereocenters. The first kappa shape index (κ1) is 14.0. The summed E-state index contributed by atoms with van der Waals surface area (Å²) >= 11 is 0. The van der Waals surface area contributed by atoms with E-state index >= 15 is 0 Å². The van der Waals surface area contributed by atoms with Gasteiger partial charge in [-0.2, -0.15) is 9.97 Å². The normalized spacial score (nSPS) is 10.7. The maximum atomic E-state index is 13.2. The van der Waals surface area contributed by atoms with E-state index in [1.807, 2.05) is 13.8 Å². The number of hydrogen-bond donors (Lipinski definition) is 1. The van der Waals surface area contributed by atoms with Crippen molar-refractivity contribution in [1.82, 2.24) is 15.0 Å². The van der Waals surface area contributed by atoms with Crippen LogP contribution in [0.25, 0.3) is 0 Å². The van der Waals surface area contributed by atoms with Gasteiger partial charge in [-0.15, -0.1) is 4.98 Å². The minimum atomic E-state index is -0.411. The zero-order chi connectivity index (χ0) is 14.7. The molecule has 0 radical (unpaired) electrons. The van der Waals surface area contributed by atoms with E-state index in [2.05, 4.69) is 15.0 Å². The molecule has 0 fully saturated rings. The van der Waals surface area contributed by atoms with Gasteiger partial charge in [0.1, 0.15) is 11.6 Å². The summed E-state index contributed by atoms with van der Waals surface area (Å²) in [5.41, 5.74) is 6.31. The predicted octanol–water partition coefficient (Wildman–Crippen LogP) is 2.48. The quantitative estimate of drug-likeness (QED) is 0.925. The Kier molecular flexibility index (Phi) is 3.97. The van der Waals surface area contributed by atoms with E-state index in [0.717, 1.165) is 5.56 Å². The highest BCUT2D eigenvalue weighted by atomic mass is 19.1. The van der Waals surface area contributed by atoms with Gasteiger partial charge in [-0.25, -0.2) is 4.39 Å². The van der Waals surface area contributed by atoms with E-state index in [4.69, 9.17) is 15.2 Å². The van der Waals surface area contributed by atoms with Crippen LogP contribution in [0, 0.1) is 12.7 Å². The molecule has 0 bridgehead atoms. The van der Waals surface area contributed by atoms with Crippen LogP contribution in [0.5, 0.6) is 17.8 Å². The second-order valence-electron chi connectivity index (χ2n) is 4.44. The SMILES string of the molecule is Cc1ccc(F)cc1Oc1nc(N)nc(OC(C)C)n1. The fraction of sp³-hybridized carbons (Fsp3) is 0.308. The monoisotopic (exact) mass is 278 g/mol. The summed E-state index contributed by atoms with van der Waals surface area (Å²) in [6.45, 7) is 5.44. The highest BCUT2D eigenvalue weighted by Crippen LogP contribution is 2.24. The van der Waals surface area contributed by atoms with E-state index in [-0.39, 0.29) is 24.1 Å². The summed E-state index contributed by atoms with van der Waals surface area (Å²) in [6, 6.07) is 4.22. The van der Waals surface area contributed by atoms with E-state index in [1.54, 1.807) is 13.0 Å². The number of rotatable bonds is 4. The lowest BCUT2D eigenvalue weighted by molar-refractivity contribution is 0.218. The summed E-state index contributed by atoms with van der Waals surface area (Å²) in [5.74, 6) is -0.128. The lowest BCUT2D eigenvalue weighted by Crippen LogP contribution is -2.11. The van der Waals surface area contributed by atoms with Crippen LogP contribution in [0.3, 0.4) is 0 Å². The summed E-state index contributed by atoms with van der Waals surface area (Å²) in [6.07, 6.45) is -0.111. The van der Waals surface area contributed by atoms with Crippen molar-refractivity contribution in [3.05, 3.63) is 29.6 Å². The molecule has 1 heterocycles. The van der Waals surface area contributed by atoms with Crippen molar-refractivity contribution in [2.75, 3.05) is 5.73 Å². The molecule has 1 aromatic heterocycles. The molecule has 7 heteroatoms. The molecule has 0 saturated heterocycles. The van der Waals surface area contributed by atoms with Gasteiger partial charge in [0.2, 0.25) is 5.95 Å². The first-order chi connectivity index (χ1) is 9.44. The smallest absolute Gasteiger partial charge is 0.330 e. The fourth-order valence-corrected chi connectivity index (χ4v) is 1.44. The Morgan fingerprint density at radius 3 is 2.55 bits per heavy atom. The van der Waals surface area contributed by atoms with Crippen molar-refractivity contribution in [3.8, 4) is 17.8 Å². The molecule has 0 saturated carbocycles. The molecule has 2 aromatic rings. The maximum absolute atomic E-state index is 13.2. The first-order valence-electron chi connectivity index (χ1n) is 6.06. The van der Waals surface area contributed by atoms with Crippen molar-refractivity contribution in [1.29, 1.82) is 0 Å². The van der Waals surface area contributed by atoms with Crippen LogP contribution in [0.15, 0.2) is 18.2 Å². The Morgan fingerprint density at radius 1 is 1.15 bits per heavy atom. The molecule has 0 amide bonds. The van der Waals surface area contributed by atoms with Gasteiger partial charge in [-0.1, -0.05) is 6.07 Å². The van der Waals surface area contributed by atoms with Crippen LogP contribution in [-0.4, -0.2) is 21.1 Å². The number of benzene rings is 1. The van der Waals surface area contributed by atoms with Crippen molar-refractivity contribution in [2.24, 2.45) is 0 Å². The molecular formula is C13H15FN4O2. The van der Waals surface area contributed by atoms with Gasteiger partial charge in [0.25, 0.3) is 0 Å². The van der Waals surface area contributed by atoms with Gasteiger partial charge in [0.05, 0.1) is 6.10 Å². The zero-order valence-electron chi connectivity index (χ0n) is 11.4. The van der Waals surface area contributed by atoms with E-state index in [9.17, 15) is 4.39 Å². The molecule has 1 aromatic carbocycles. The molecule has 2 rings (SSSR count). The van der Waals surface area contributed by atoms with Crippen molar-refractivity contribution in [3.63, 3.8) is 0 Å². The molecule has 0 aliphatic carbocycles. The van der Waals surface area contributed by atoms with Gasteiger partial charge in [0.15, 0.2) is 0 Å². The average Bonchev–Trinajstić information content (AvgIpc) is 2.32. The minimum Gasteiger partial charge on any atom is -0.461 e. The number of halogens is 1. The Balaban J connectivity index is 2.28. The largest absolute Gasteiger partial charge is 0.461 e. The predicted molar refractivity (Wildman–Crippen MR) is 71.2 cm³/mol. The zero-order valence-corrected chi connectivity index (χ0v) is 11.4. The van der Waals surface area contributed by atoms with Crippen molar-refractivity contribution >= 4 is 5.95 Å². The number of aryl methyl sites for hydroxylation is 1. The van der Waals surface area contributed by atoms with E-state index in [1.165, 1.54) is 12.1 Å². The number of anilines is 1. The Hall–Kier alpha value is -2.44. The molecular weight excluding hydrogens is 263 g/mol. The summed E-state index contributed by atoms with van der Waals surface area (Å²) in [7, 11) is 0. The number of nitrogens with two attached hydrogens (primary N) is 1. The molecule has 0 spiro atoms. The molecule has 20 heavy (non-hydrogen) atoms. The Labute approximate surface area is 115 Å². The van der Waals surface area contributed by atoms with Gasteiger partial charge in [0, 0.05) is 6.07 Å². The minimum absolute atomic E-state index is 0.0280. The van der Waals surface area contributed by atoms with Crippen LogP contribution in [0.4, 0.5) is 10.3 Å². The van der Waals surface area contributed by atoms with Crippen LogP contribution in [-0.2, 0) is 0 Å². The third kappa shape index (κ3) is 3.53. The third-order valence-corrected chi connectivity index (χ3v) is 2.30. The molecule has 0 aliphatic heterocycles. The maximum Gasteiger partial charge on any atom is 0.330 e. The van der Waals surface area contributed by atoms with Crippen molar-refractivity contribution in [2.45, 2.75) is 26.9 Å². The number of aromatic nitrogens is 3. The topological polar surface area (TPSA) is 83.2 Å². The van der Waals surface area contributed by atoms with Gasteiger partial charge in [-0.3, -0.25) is 0 Å². The highest BCUT2D eigenvalue weighted by molar-refractivity contribution is 5.35. The molecule has 2 N–H and O–H groups in total. The Bertz CT molecular complexity index is 619. The van der Waals surface area contributed by atoms with E-state index in [0.29, 0.717) is 5.75 Å². The lowest BCUT2D eigenvalue weighted by atomic mass is 10.2. The number of hydrogen-bond acceptors (Lipinski definition) is 6. The first-order valence-corrected chi connectivity index (χ1v) is 6.06. The molecule has 106 valence electrons. The summed E-state index contributed by atoms with van der Waals surface area (Å²) in [5, 5.41) is 0.